The molecule has 2 aromatic carbocycles. The maximum atomic E-state index is 12.2. The van der Waals surface area contributed by atoms with E-state index in [2.05, 4.69) is 32.1 Å². The minimum atomic E-state index is -0.826. The number of carbonyl (C=O) groups excluding carboxylic acids is 3. The molecule has 2 rings (SSSR count). The number of anilines is 1. The maximum absolute atomic E-state index is 12.2. The van der Waals surface area contributed by atoms with Gasteiger partial charge in [0.1, 0.15) is 5.75 Å². The van der Waals surface area contributed by atoms with Crippen molar-refractivity contribution in [1.29, 1.82) is 0 Å². The lowest BCUT2D eigenvalue weighted by atomic mass is 10.1. The average molecular weight is 497 g/mol. The van der Waals surface area contributed by atoms with Crippen molar-refractivity contribution in [3.05, 3.63) is 57.0 Å². The summed E-state index contributed by atoms with van der Waals surface area (Å²) in [5.41, 5.74) is 6.84. The summed E-state index contributed by atoms with van der Waals surface area (Å²) in [6, 6.07) is 10.6. The molecule has 0 aliphatic rings. The van der Waals surface area contributed by atoms with Crippen LogP contribution in [-0.2, 0) is 14.4 Å². The molecule has 3 amide bonds. The topological polar surface area (TPSA) is 96.5 Å². The van der Waals surface area contributed by atoms with E-state index in [1.165, 1.54) is 0 Å². The molecule has 0 heterocycles. The normalized spacial score (nSPS) is 11.4. The van der Waals surface area contributed by atoms with E-state index in [0.29, 0.717) is 16.5 Å². The number of benzene rings is 2. The summed E-state index contributed by atoms with van der Waals surface area (Å²) in [6.07, 6.45) is -0.986. The van der Waals surface area contributed by atoms with Gasteiger partial charge in [0.25, 0.3) is 5.91 Å². The molecule has 7 nitrogen and oxygen atoms in total. The highest BCUT2D eigenvalue weighted by Crippen LogP contribution is 2.28. The third kappa shape index (κ3) is 7.03. The highest BCUT2D eigenvalue weighted by atomic mass is 79.9. The van der Waals surface area contributed by atoms with Gasteiger partial charge in [-0.15, -0.1) is 0 Å². The zero-order valence-electron chi connectivity index (χ0n) is 16.8. The summed E-state index contributed by atoms with van der Waals surface area (Å²) in [5.74, 6) is -0.752. The van der Waals surface area contributed by atoms with E-state index < -0.39 is 17.9 Å². The molecule has 0 aliphatic heterocycles. The Morgan fingerprint density at radius 3 is 2.27 bits per heavy atom. The summed E-state index contributed by atoms with van der Waals surface area (Å²) in [5, 5.41) is 3.04. The SMILES string of the molecule is Cc1cc(Br)cc(C)c1OC(C)C(=O)NNC(=O)CCC(=O)Nc1ccccc1Cl. The minimum absolute atomic E-state index is 0.0593. The molecule has 9 heteroatoms. The van der Waals surface area contributed by atoms with Gasteiger partial charge in [-0.05, 0) is 56.2 Å². The first-order valence-electron chi connectivity index (χ1n) is 9.24. The molecule has 0 spiro atoms. The number of hydrogen-bond donors (Lipinski definition) is 3. The number of carbonyl (C=O) groups is 3. The average Bonchev–Trinajstić information content (AvgIpc) is 2.68. The molecule has 3 N–H and O–H groups in total. The van der Waals surface area contributed by atoms with Crippen LogP contribution >= 0.6 is 27.5 Å². The van der Waals surface area contributed by atoms with Crippen molar-refractivity contribution < 1.29 is 19.1 Å². The lowest BCUT2D eigenvalue weighted by molar-refractivity contribution is -0.133. The number of hydrogen-bond acceptors (Lipinski definition) is 4. The Bertz CT molecular complexity index is 929. The summed E-state index contributed by atoms with van der Waals surface area (Å²) in [7, 11) is 0. The van der Waals surface area contributed by atoms with Crippen molar-refractivity contribution in [2.75, 3.05) is 5.32 Å². The third-order valence-electron chi connectivity index (χ3n) is 4.14. The predicted molar refractivity (Wildman–Crippen MR) is 119 cm³/mol. The first-order chi connectivity index (χ1) is 14.2. The Morgan fingerprint density at radius 1 is 1.03 bits per heavy atom. The molecule has 160 valence electrons. The molecule has 2 aromatic rings. The molecule has 30 heavy (non-hydrogen) atoms. The van der Waals surface area contributed by atoms with E-state index in [-0.39, 0.29) is 18.7 Å². The van der Waals surface area contributed by atoms with Gasteiger partial charge in [0, 0.05) is 17.3 Å². The van der Waals surface area contributed by atoms with Crippen molar-refractivity contribution >= 4 is 50.9 Å². The van der Waals surface area contributed by atoms with Crippen LogP contribution in [0.1, 0.15) is 30.9 Å². The van der Waals surface area contributed by atoms with Crippen LogP contribution in [0.2, 0.25) is 5.02 Å². The van der Waals surface area contributed by atoms with Crippen molar-refractivity contribution in [3.8, 4) is 5.75 Å². The quantitative estimate of drug-likeness (QED) is 0.504. The number of amides is 3. The van der Waals surface area contributed by atoms with E-state index in [1.54, 1.807) is 31.2 Å². The van der Waals surface area contributed by atoms with Crippen LogP contribution in [0.4, 0.5) is 5.69 Å². The van der Waals surface area contributed by atoms with Gasteiger partial charge in [-0.2, -0.15) is 0 Å². The van der Waals surface area contributed by atoms with E-state index >= 15 is 0 Å². The van der Waals surface area contributed by atoms with Crippen molar-refractivity contribution in [1.82, 2.24) is 10.9 Å². The Balaban J connectivity index is 1.76. The van der Waals surface area contributed by atoms with Crippen molar-refractivity contribution in [3.63, 3.8) is 0 Å². The molecular formula is C21H23BrClN3O4. The van der Waals surface area contributed by atoms with Crippen LogP contribution in [0, 0.1) is 13.8 Å². The molecular weight excluding hydrogens is 474 g/mol. The largest absolute Gasteiger partial charge is 0.480 e. The fourth-order valence-electron chi connectivity index (χ4n) is 2.61. The second-order valence-corrected chi connectivity index (χ2v) is 8.02. The lowest BCUT2D eigenvalue weighted by Crippen LogP contribution is -2.47. The van der Waals surface area contributed by atoms with Gasteiger partial charge in [-0.25, -0.2) is 0 Å². The van der Waals surface area contributed by atoms with Crippen LogP contribution in [0.25, 0.3) is 0 Å². The van der Waals surface area contributed by atoms with E-state index in [4.69, 9.17) is 16.3 Å². The van der Waals surface area contributed by atoms with Gasteiger partial charge >= 0.3 is 0 Å². The molecule has 0 radical (unpaired) electrons. The summed E-state index contributed by atoms with van der Waals surface area (Å²) in [6.45, 7) is 5.35. The van der Waals surface area contributed by atoms with E-state index in [9.17, 15) is 14.4 Å². The number of hydrazine groups is 1. The third-order valence-corrected chi connectivity index (χ3v) is 4.93. The number of nitrogens with one attached hydrogen (secondary N) is 3. The molecule has 0 saturated carbocycles. The van der Waals surface area contributed by atoms with Gasteiger partial charge in [-0.1, -0.05) is 39.7 Å². The van der Waals surface area contributed by atoms with Gasteiger partial charge in [0.2, 0.25) is 11.8 Å². The summed E-state index contributed by atoms with van der Waals surface area (Å²) >= 11 is 9.39. The fourth-order valence-corrected chi connectivity index (χ4v) is 3.48. The molecule has 0 bridgehead atoms. The number of rotatable bonds is 7. The second-order valence-electron chi connectivity index (χ2n) is 6.69. The van der Waals surface area contributed by atoms with Crippen LogP contribution in [-0.4, -0.2) is 23.8 Å². The standard InChI is InChI=1S/C21H23BrClN3O4/c1-12-10-15(22)11-13(2)20(12)30-14(3)21(29)26-25-19(28)9-8-18(27)24-17-7-5-4-6-16(17)23/h4-7,10-11,14H,8-9H2,1-3H3,(H,24,27)(H,25,28)(H,26,29). The van der Waals surface area contributed by atoms with Crippen LogP contribution in [0.5, 0.6) is 5.75 Å². The lowest BCUT2D eigenvalue weighted by Gasteiger charge is -2.18. The molecule has 1 unspecified atom stereocenters. The Kier molecular flexibility index (Phi) is 8.68. The Morgan fingerprint density at radius 2 is 1.63 bits per heavy atom. The van der Waals surface area contributed by atoms with Crippen LogP contribution in [0.15, 0.2) is 40.9 Å². The first-order valence-corrected chi connectivity index (χ1v) is 10.4. The van der Waals surface area contributed by atoms with Crippen molar-refractivity contribution in [2.24, 2.45) is 0 Å². The molecule has 0 aromatic heterocycles. The highest BCUT2D eigenvalue weighted by molar-refractivity contribution is 9.10. The van der Waals surface area contributed by atoms with Crippen LogP contribution < -0.4 is 20.9 Å². The zero-order chi connectivity index (χ0) is 22.3. The maximum Gasteiger partial charge on any atom is 0.279 e. The highest BCUT2D eigenvalue weighted by Gasteiger charge is 2.18. The van der Waals surface area contributed by atoms with Gasteiger partial charge in [-0.3, -0.25) is 25.2 Å². The minimum Gasteiger partial charge on any atom is -0.480 e. The molecule has 1 atom stereocenters. The summed E-state index contributed by atoms with van der Waals surface area (Å²) < 4.78 is 6.66. The second kappa shape index (κ2) is 11.0. The fraction of sp³-hybridized carbons (Fsp3) is 0.286. The first kappa shape index (κ1) is 23.7. The zero-order valence-corrected chi connectivity index (χ0v) is 19.2. The molecule has 0 fully saturated rings. The van der Waals surface area contributed by atoms with Gasteiger partial charge in [0.15, 0.2) is 6.10 Å². The molecule has 0 aliphatic carbocycles. The van der Waals surface area contributed by atoms with E-state index in [0.717, 1.165) is 15.6 Å². The summed E-state index contributed by atoms with van der Waals surface area (Å²) in [4.78, 5) is 36.1. The number of halogens is 2. The van der Waals surface area contributed by atoms with Gasteiger partial charge in [0.05, 0.1) is 10.7 Å². The number of ether oxygens (including phenoxy) is 1. The predicted octanol–water partition coefficient (Wildman–Crippen LogP) is 4.05. The van der Waals surface area contributed by atoms with Gasteiger partial charge < -0.3 is 10.1 Å². The smallest absolute Gasteiger partial charge is 0.279 e. The van der Waals surface area contributed by atoms with Crippen molar-refractivity contribution in [2.45, 2.75) is 39.7 Å². The van der Waals surface area contributed by atoms with E-state index in [1.807, 2.05) is 26.0 Å². The Labute approximate surface area is 188 Å². The number of para-hydroxylation sites is 1. The number of aryl methyl sites for hydroxylation is 2. The Hall–Kier alpha value is -2.58. The monoisotopic (exact) mass is 495 g/mol. The molecule has 0 saturated heterocycles. The van der Waals surface area contributed by atoms with Crippen LogP contribution in [0.3, 0.4) is 0 Å².